The van der Waals surface area contributed by atoms with Crippen LogP contribution in [0.15, 0.2) is 0 Å². The van der Waals surface area contributed by atoms with Crippen LogP contribution in [0.4, 0.5) is 0 Å². The maximum absolute atomic E-state index is 12.9. The van der Waals surface area contributed by atoms with Gasteiger partial charge >= 0.3 is 0 Å². The van der Waals surface area contributed by atoms with Crippen molar-refractivity contribution in [3.05, 3.63) is 0 Å². The van der Waals surface area contributed by atoms with Gasteiger partial charge in [0, 0.05) is 6.42 Å². The molecule has 54 heavy (non-hydrogen) atoms. The highest BCUT2D eigenvalue weighted by atomic mass is 31.2. The van der Waals surface area contributed by atoms with E-state index in [4.69, 9.17) is 9.05 Å². The number of carbonyl (C=O) groups is 1. The number of unbranched alkanes of at least 4 members (excludes halogenated alkanes) is 30. The van der Waals surface area contributed by atoms with Crippen molar-refractivity contribution in [2.24, 2.45) is 0 Å². The number of phosphoric acid groups is 1. The lowest BCUT2D eigenvalue weighted by molar-refractivity contribution is -0.870. The molecule has 3 unspecified atom stereocenters. The lowest BCUT2D eigenvalue weighted by Gasteiger charge is -2.30. The summed E-state index contributed by atoms with van der Waals surface area (Å²) in [5, 5.41) is 13.9. The van der Waals surface area contributed by atoms with Crippen LogP contribution in [0.2, 0.25) is 0 Å². The van der Waals surface area contributed by atoms with E-state index in [-0.39, 0.29) is 19.1 Å². The SMILES string of the molecule is CCCCCCCCCCCCCCCCCCCCCC(O)C(COP(=O)([O-])OCC[N+](C)(C)C)NC(=O)CCCCCCCCCCCCCCC. The molecule has 0 radical (unpaired) electrons. The Bertz CT molecular complexity index is 855. The Kier molecular flexibility index (Phi) is 37.7. The molecule has 0 aliphatic rings. The summed E-state index contributed by atoms with van der Waals surface area (Å²) >= 11 is 0. The summed E-state index contributed by atoms with van der Waals surface area (Å²) in [7, 11) is 1.32. The number of hydrogen-bond acceptors (Lipinski definition) is 6. The van der Waals surface area contributed by atoms with E-state index in [0.29, 0.717) is 23.9 Å². The first-order valence-electron chi connectivity index (χ1n) is 23.4. The molecule has 1 amide bonds. The van der Waals surface area contributed by atoms with Crippen LogP contribution in [0, 0.1) is 0 Å². The van der Waals surface area contributed by atoms with Gasteiger partial charge < -0.3 is 28.8 Å². The second-order valence-corrected chi connectivity index (χ2v) is 18.9. The number of nitrogens with zero attached hydrogens (tertiary/aromatic N) is 1. The van der Waals surface area contributed by atoms with E-state index in [2.05, 4.69) is 19.2 Å². The van der Waals surface area contributed by atoms with Gasteiger partial charge in [0.2, 0.25) is 5.91 Å². The number of aliphatic hydroxyl groups excluding tert-OH is 1. The topological polar surface area (TPSA) is 108 Å². The van der Waals surface area contributed by atoms with Gasteiger partial charge in [0.25, 0.3) is 7.82 Å². The minimum Gasteiger partial charge on any atom is -0.756 e. The average molecular weight is 789 g/mol. The van der Waals surface area contributed by atoms with Crippen molar-refractivity contribution >= 4 is 13.7 Å². The van der Waals surface area contributed by atoms with Gasteiger partial charge in [0.15, 0.2) is 0 Å². The Balaban J connectivity index is 4.28. The number of rotatable bonds is 43. The van der Waals surface area contributed by atoms with Gasteiger partial charge in [-0.15, -0.1) is 0 Å². The lowest BCUT2D eigenvalue weighted by Crippen LogP contribution is -2.46. The maximum atomic E-state index is 12.9. The van der Waals surface area contributed by atoms with Gasteiger partial charge in [0.1, 0.15) is 13.2 Å². The summed E-state index contributed by atoms with van der Waals surface area (Å²) in [6.07, 6.45) is 41.0. The second kappa shape index (κ2) is 38.0. The van der Waals surface area contributed by atoms with E-state index >= 15 is 0 Å². The number of nitrogens with one attached hydrogen (secondary N) is 1. The van der Waals surface area contributed by atoms with Crippen molar-refractivity contribution in [3.8, 4) is 0 Å². The molecule has 0 rings (SSSR count). The number of amides is 1. The Hall–Kier alpha value is -0.500. The molecule has 2 N–H and O–H groups in total. The van der Waals surface area contributed by atoms with E-state index in [1.807, 2.05) is 21.1 Å². The van der Waals surface area contributed by atoms with Gasteiger partial charge in [-0.3, -0.25) is 9.36 Å². The van der Waals surface area contributed by atoms with Crippen LogP contribution in [-0.2, 0) is 18.4 Å². The molecular weight excluding hydrogens is 695 g/mol. The van der Waals surface area contributed by atoms with Gasteiger partial charge in [-0.1, -0.05) is 213 Å². The van der Waals surface area contributed by atoms with Crippen molar-refractivity contribution < 1.29 is 32.9 Å². The minimum atomic E-state index is -4.56. The van der Waals surface area contributed by atoms with Crippen molar-refractivity contribution in [1.29, 1.82) is 0 Å². The molecule has 0 aliphatic carbocycles. The summed E-state index contributed by atoms with van der Waals surface area (Å²) in [5.41, 5.74) is 0. The van der Waals surface area contributed by atoms with Gasteiger partial charge in [-0.2, -0.15) is 0 Å². The highest BCUT2D eigenvalue weighted by Crippen LogP contribution is 2.38. The van der Waals surface area contributed by atoms with E-state index in [1.54, 1.807) is 0 Å². The number of quaternary nitrogens is 1. The Morgan fingerprint density at radius 1 is 0.574 bits per heavy atom. The zero-order valence-corrected chi connectivity index (χ0v) is 37.6. The molecular formula is C45H93N2O6P. The highest BCUT2D eigenvalue weighted by molar-refractivity contribution is 7.45. The normalized spacial score (nSPS) is 14.3. The van der Waals surface area contributed by atoms with Crippen molar-refractivity contribution in [3.63, 3.8) is 0 Å². The monoisotopic (exact) mass is 789 g/mol. The first kappa shape index (κ1) is 53.5. The van der Waals surface area contributed by atoms with E-state index in [1.165, 1.54) is 167 Å². The van der Waals surface area contributed by atoms with Crippen molar-refractivity contribution in [2.45, 2.75) is 244 Å². The smallest absolute Gasteiger partial charge is 0.268 e. The van der Waals surface area contributed by atoms with Gasteiger partial charge in [-0.25, -0.2) is 0 Å². The molecule has 0 saturated heterocycles. The third-order valence-electron chi connectivity index (χ3n) is 10.8. The third kappa shape index (κ3) is 39.7. The second-order valence-electron chi connectivity index (χ2n) is 17.5. The van der Waals surface area contributed by atoms with Crippen molar-refractivity contribution in [1.82, 2.24) is 5.32 Å². The van der Waals surface area contributed by atoms with Crippen LogP contribution >= 0.6 is 7.82 Å². The van der Waals surface area contributed by atoms with Crippen LogP contribution in [0.1, 0.15) is 232 Å². The largest absolute Gasteiger partial charge is 0.756 e. The fourth-order valence-electron chi connectivity index (χ4n) is 7.10. The first-order chi connectivity index (χ1) is 26.0. The fourth-order valence-corrected chi connectivity index (χ4v) is 7.82. The highest BCUT2D eigenvalue weighted by Gasteiger charge is 2.24. The molecule has 0 aromatic rings. The lowest BCUT2D eigenvalue weighted by atomic mass is 10.0. The fraction of sp³-hybridized carbons (Fsp3) is 0.978. The van der Waals surface area contributed by atoms with Crippen LogP contribution in [0.5, 0.6) is 0 Å². The summed E-state index contributed by atoms with van der Waals surface area (Å²) in [4.78, 5) is 25.3. The van der Waals surface area contributed by atoms with E-state index < -0.39 is 20.0 Å². The number of hydrogen-bond donors (Lipinski definition) is 2. The number of carbonyl (C=O) groups excluding carboxylic acids is 1. The molecule has 0 fully saturated rings. The zero-order chi connectivity index (χ0) is 40.0. The van der Waals surface area contributed by atoms with Crippen LogP contribution < -0.4 is 10.2 Å². The Morgan fingerprint density at radius 3 is 1.26 bits per heavy atom. The molecule has 0 aromatic heterocycles. The molecule has 0 bridgehead atoms. The first-order valence-corrected chi connectivity index (χ1v) is 24.8. The van der Waals surface area contributed by atoms with E-state index in [9.17, 15) is 19.4 Å². The van der Waals surface area contributed by atoms with Gasteiger partial charge in [-0.05, 0) is 12.8 Å². The maximum Gasteiger partial charge on any atom is 0.268 e. The predicted molar refractivity (Wildman–Crippen MR) is 229 cm³/mol. The Morgan fingerprint density at radius 2 is 0.907 bits per heavy atom. The molecule has 324 valence electrons. The van der Waals surface area contributed by atoms with E-state index in [0.717, 1.165) is 38.5 Å². The van der Waals surface area contributed by atoms with Crippen molar-refractivity contribution in [2.75, 3.05) is 40.9 Å². The summed E-state index contributed by atoms with van der Waals surface area (Å²) in [6, 6.07) is -0.792. The molecule has 3 atom stereocenters. The van der Waals surface area contributed by atoms with Crippen LogP contribution in [0.25, 0.3) is 0 Å². The molecule has 0 aliphatic heterocycles. The molecule has 0 spiro atoms. The minimum absolute atomic E-state index is 0.0161. The predicted octanol–water partition coefficient (Wildman–Crippen LogP) is 12.3. The van der Waals surface area contributed by atoms with Crippen LogP contribution in [0.3, 0.4) is 0 Å². The molecule has 0 saturated carbocycles. The number of aliphatic hydroxyl groups is 1. The summed E-state index contributed by atoms with van der Waals surface area (Å²) in [6.45, 7) is 4.74. The Labute approximate surface area is 336 Å². The van der Waals surface area contributed by atoms with Gasteiger partial charge in [0.05, 0.1) is 39.9 Å². The molecule has 8 nitrogen and oxygen atoms in total. The standard InChI is InChI=1S/C45H93N2O6P/c1-6-8-10-12-14-16-18-20-21-22-23-24-25-27-28-30-32-34-36-38-44(48)43(42-53-54(50,51)52-41-40-47(3,4)5)46-45(49)39-37-35-33-31-29-26-19-17-15-13-11-9-7-2/h43-44,48H,6-42H2,1-5H3,(H-,46,49,50,51). The average Bonchev–Trinajstić information content (AvgIpc) is 3.12. The molecule has 0 aromatic carbocycles. The summed E-state index contributed by atoms with van der Waals surface area (Å²) < 4.78 is 23.3. The number of phosphoric ester groups is 1. The summed E-state index contributed by atoms with van der Waals surface area (Å²) in [5.74, 6) is -0.162. The zero-order valence-electron chi connectivity index (χ0n) is 36.7. The van der Waals surface area contributed by atoms with Crippen LogP contribution in [-0.4, -0.2) is 68.5 Å². The quantitative estimate of drug-likeness (QED) is 0.0362. The number of likely N-dealkylation sites (N-methyl/N-ethyl adjacent to an activating group) is 1. The molecule has 9 heteroatoms. The molecule has 0 heterocycles. The third-order valence-corrected chi connectivity index (χ3v) is 11.8.